The first-order valence-corrected chi connectivity index (χ1v) is 14.9. The Balaban J connectivity index is 2.32. The number of carbonyl (C=O) groups is 1. The van der Waals surface area contributed by atoms with Crippen molar-refractivity contribution in [2.45, 2.75) is 65.1 Å². The molecule has 0 saturated heterocycles. The SMILES string of the molecule is CC(C)(C)CC(N)(C(=O)O)c1ccc(-c2nc(I)nn2COCC[Si](C)(C)C)cc1F. The van der Waals surface area contributed by atoms with E-state index in [2.05, 4.69) is 29.7 Å². The molecule has 0 bridgehead atoms. The van der Waals surface area contributed by atoms with E-state index in [1.165, 1.54) is 12.1 Å². The molecule has 1 aromatic heterocycles. The maximum Gasteiger partial charge on any atom is 0.328 e. The van der Waals surface area contributed by atoms with E-state index in [0.717, 1.165) is 6.04 Å². The molecule has 2 aromatic rings. The number of nitrogens with zero attached hydrogens (tertiary/aromatic N) is 3. The van der Waals surface area contributed by atoms with Crippen LogP contribution in [0.15, 0.2) is 18.2 Å². The summed E-state index contributed by atoms with van der Waals surface area (Å²) < 4.78 is 23.0. The van der Waals surface area contributed by atoms with Gasteiger partial charge in [0.25, 0.3) is 0 Å². The van der Waals surface area contributed by atoms with Crippen LogP contribution in [0.2, 0.25) is 25.7 Å². The van der Waals surface area contributed by atoms with Gasteiger partial charge in [0.15, 0.2) is 5.82 Å². The molecule has 0 saturated carbocycles. The zero-order valence-corrected chi connectivity index (χ0v) is 22.2. The normalized spacial score (nSPS) is 14.5. The van der Waals surface area contributed by atoms with Crippen molar-refractivity contribution in [1.82, 2.24) is 14.8 Å². The van der Waals surface area contributed by atoms with E-state index in [1.807, 2.05) is 43.4 Å². The van der Waals surface area contributed by atoms with E-state index in [1.54, 1.807) is 10.7 Å². The third-order valence-electron chi connectivity index (χ3n) is 4.75. The zero-order chi connectivity index (χ0) is 23.6. The molecule has 10 heteroatoms. The third kappa shape index (κ3) is 7.06. The fourth-order valence-corrected chi connectivity index (χ4v) is 4.53. The summed E-state index contributed by atoms with van der Waals surface area (Å²) in [6.07, 6.45) is 0.0879. The first-order valence-electron chi connectivity index (χ1n) is 10.1. The predicted molar refractivity (Wildman–Crippen MR) is 130 cm³/mol. The fraction of sp³-hybridized carbons (Fsp3) is 0.571. The number of ether oxygens (including phenoxy) is 1. The summed E-state index contributed by atoms with van der Waals surface area (Å²) in [5.74, 6) is -1.49. The van der Waals surface area contributed by atoms with Gasteiger partial charge in [-0.2, -0.15) is 0 Å². The van der Waals surface area contributed by atoms with E-state index in [0.29, 0.717) is 21.8 Å². The Kier molecular flexibility index (Phi) is 8.04. The summed E-state index contributed by atoms with van der Waals surface area (Å²) >= 11 is 2.00. The lowest BCUT2D eigenvalue weighted by atomic mass is 9.76. The van der Waals surface area contributed by atoms with Crippen LogP contribution < -0.4 is 5.73 Å². The summed E-state index contributed by atoms with van der Waals surface area (Å²) in [6, 6.07) is 5.35. The Bertz CT molecular complexity index is 940. The number of carboxylic acids is 1. The molecule has 0 amide bonds. The first-order chi connectivity index (χ1) is 14.1. The van der Waals surface area contributed by atoms with Gasteiger partial charge in [0, 0.05) is 48.4 Å². The Morgan fingerprint density at radius 1 is 1.32 bits per heavy atom. The Labute approximate surface area is 197 Å². The summed E-state index contributed by atoms with van der Waals surface area (Å²) in [6.45, 7) is 13.3. The molecular formula is C21H32FIN4O3Si. The molecule has 1 atom stereocenters. The van der Waals surface area contributed by atoms with Crippen molar-refractivity contribution in [2.24, 2.45) is 11.1 Å². The lowest BCUT2D eigenvalue weighted by Crippen LogP contribution is -2.48. The van der Waals surface area contributed by atoms with Crippen LogP contribution in [-0.4, -0.2) is 40.5 Å². The minimum Gasteiger partial charge on any atom is -0.480 e. The molecule has 0 aliphatic heterocycles. The number of hydrogen-bond donors (Lipinski definition) is 2. The molecule has 0 aliphatic carbocycles. The van der Waals surface area contributed by atoms with Crippen LogP contribution >= 0.6 is 22.6 Å². The summed E-state index contributed by atoms with van der Waals surface area (Å²) in [7, 11) is -1.21. The number of aliphatic carboxylic acids is 1. The Morgan fingerprint density at radius 3 is 2.48 bits per heavy atom. The highest BCUT2D eigenvalue weighted by molar-refractivity contribution is 14.1. The van der Waals surface area contributed by atoms with Gasteiger partial charge in [-0.25, -0.2) is 18.9 Å². The Morgan fingerprint density at radius 2 is 1.97 bits per heavy atom. The minimum absolute atomic E-state index is 0.0502. The third-order valence-corrected chi connectivity index (χ3v) is 6.92. The number of hydrogen-bond acceptors (Lipinski definition) is 5. The van der Waals surface area contributed by atoms with Gasteiger partial charge in [-0.15, -0.1) is 5.10 Å². The van der Waals surface area contributed by atoms with Gasteiger partial charge in [0.05, 0.1) is 0 Å². The number of benzene rings is 1. The van der Waals surface area contributed by atoms with Crippen molar-refractivity contribution < 1.29 is 19.0 Å². The maximum atomic E-state index is 15.1. The highest BCUT2D eigenvalue weighted by Crippen LogP contribution is 2.35. The van der Waals surface area contributed by atoms with Gasteiger partial charge >= 0.3 is 5.97 Å². The van der Waals surface area contributed by atoms with E-state index < -0.39 is 30.8 Å². The highest BCUT2D eigenvalue weighted by atomic mass is 127. The summed E-state index contributed by atoms with van der Waals surface area (Å²) in [4.78, 5) is 16.3. The molecule has 1 heterocycles. The largest absolute Gasteiger partial charge is 0.480 e. The maximum absolute atomic E-state index is 15.1. The van der Waals surface area contributed by atoms with Crippen molar-refractivity contribution in [3.63, 3.8) is 0 Å². The number of halogens is 2. The lowest BCUT2D eigenvalue weighted by molar-refractivity contribution is -0.145. The fourth-order valence-electron chi connectivity index (χ4n) is 3.29. The van der Waals surface area contributed by atoms with E-state index >= 15 is 4.39 Å². The average Bonchev–Trinajstić information content (AvgIpc) is 2.96. The van der Waals surface area contributed by atoms with Crippen LogP contribution in [0.1, 0.15) is 32.8 Å². The molecule has 31 heavy (non-hydrogen) atoms. The minimum atomic E-state index is -1.83. The Hall–Kier alpha value is -1.37. The molecule has 0 radical (unpaired) electrons. The number of aromatic nitrogens is 3. The molecule has 3 N–H and O–H groups in total. The van der Waals surface area contributed by atoms with Gasteiger partial charge < -0.3 is 15.6 Å². The van der Waals surface area contributed by atoms with Crippen LogP contribution in [0.3, 0.4) is 0 Å². The van der Waals surface area contributed by atoms with E-state index in [9.17, 15) is 9.90 Å². The summed E-state index contributed by atoms with van der Waals surface area (Å²) in [5.41, 5.74) is 4.40. The van der Waals surface area contributed by atoms with Crippen molar-refractivity contribution in [2.75, 3.05) is 6.61 Å². The van der Waals surface area contributed by atoms with Crippen LogP contribution in [0.25, 0.3) is 11.4 Å². The van der Waals surface area contributed by atoms with Crippen molar-refractivity contribution in [1.29, 1.82) is 0 Å². The van der Waals surface area contributed by atoms with E-state index in [4.69, 9.17) is 10.5 Å². The average molecular weight is 563 g/mol. The monoisotopic (exact) mass is 562 g/mol. The second-order valence-electron chi connectivity index (χ2n) is 10.3. The molecule has 172 valence electrons. The van der Waals surface area contributed by atoms with Crippen LogP contribution in [0, 0.1) is 15.1 Å². The molecule has 0 spiro atoms. The van der Waals surface area contributed by atoms with Crippen LogP contribution in [-0.2, 0) is 21.8 Å². The molecule has 0 fully saturated rings. The molecule has 7 nitrogen and oxygen atoms in total. The topological polar surface area (TPSA) is 103 Å². The number of carboxylic acid groups (broad SMARTS) is 1. The molecular weight excluding hydrogens is 530 g/mol. The predicted octanol–water partition coefficient (Wildman–Crippen LogP) is 4.68. The molecule has 1 aromatic carbocycles. The van der Waals surface area contributed by atoms with Gasteiger partial charge in [-0.05, 0) is 23.9 Å². The molecule has 2 rings (SSSR count). The van der Waals surface area contributed by atoms with Gasteiger partial charge in [0.1, 0.15) is 18.1 Å². The molecule has 0 aliphatic rings. The van der Waals surface area contributed by atoms with Crippen molar-refractivity contribution >= 4 is 36.6 Å². The number of nitrogens with two attached hydrogens (primary N) is 1. The van der Waals surface area contributed by atoms with Crippen LogP contribution in [0.5, 0.6) is 0 Å². The van der Waals surface area contributed by atoms with Gasteiger partial charge in [-0.1, -0.05) is 52.5 Å². The number of rotatable bonds is 9. The second-order valence-corrected chi connectivity index (χ2v) is 16.8. The standard InChI is InChI=1S/C21H32FIN4O3Si/c1-20(2,3)12-21(24,18(28)29)15-8-7-14(11-16(15)22)17-25-19(23)26-27(17)13-30-9-10-31(4,5)6/h7-8,11H,9-10,12-13,24H2,1-6H3,(H,28,29). The highest BCUT2D eigenvalue weighted by Gasteiger charge is 2.41. The summed E-state index contributed by atoms with van der Waals surface area (Å²) in [5, 5.41) is 14.1. The van der Waals surface area contributed by atoms with Crippen molar-refractivity contribution in [3.05, 3.63) is 33.4 Å². The molecule has 1 unspecified atom stereocenters. The lowest BCUT2D eigenvalue weighted by Gasteiger charge is -2.32. The van der Waals surface area contributed by atoms with E-state index in [-0.39, 0.29) is 18.7 Å². The van der Waals surface area contributed by atoms with Crippen molar-refractivity contribution in [3.8, 4) is 11.4 Å². The smallest absolute Gasteiger partial charge is 0.328 e. The van der Waals surface area contributed by atoms with Gasteiger partial charge in [0.2, 0.25) is 3.83 Å². The van der Waals surface area contributed by atoms with Gasteiger partial charge in [-0.3, -0.25) is 0 Å². The second kappa shape index (κ2) is 9.63. The first kappa shape index (κ1) is 25.9. The quantitative estimate of drug-likeness (QED) is 0.262. The zero-order valence-electron chi connectivity index (χ0n) is 19.0. The van der Waals surface area contributed by atoms with Crippen LogP contribution in [0.4, 0.5) is 4.39 Å².